The first-order valence-corrected chi connectivity index (χ1v) is 7.13. The molecule has 1 aliphatic rings. The average molecular weight is 314 g/mol. The van der Waals surface area contributed by atoms with Crippen LogP contribution in [0.3, 0.4) is 0 Å². The zero-order chi connectivity index (χ0) is 16.4. The molecule has 1 aliphatic heterocycles. The summed E-state index contributed by atoms with van der Waals surface area (Å²) < 4.78 is 18.6. The first-order valence-electron chi connectivity index (χ1n) is 7.13. The van der Waals surface area contributed by atoms with Crippen LogP contribution in [0.25, 0.3) is 0 Å². The molecule has 2 aromatic rings. The molecule has 0 saturated carbocycles. The second-order valence-corrected chi connectivity index (χ2v) is 5.07. The Bertz CT molecular complexity index is 741. The molecule has 0 aromatic heterocycles. The molecule has 2 aromatic carbocycles. The van der Waals surface area contributed by atoms with Crippen LogP contribution >= 0.6 is 0 Å². The Morgan fingerprint density at radius 1 is 1.09 bits per heavy atom. The summed E-state index contributed by atoms with van der Waals surface area (Å²) in [5.41, 5.74) is 1.35. The summed E-state index contributed by atoms with van der Waals surface area (Å²) in [6, 6.07) is 10.5. The molecule has 2 amide bonds. The van der Waals surface area contributed by atoms with Crippen molar-refractivity contribution in [2.75, 3.05) is 30.5 Å². The minimum atomic E-state index is -0.520. The summed E-state index contributed by atoms with van der Waals surface area (Å²) in [5.74, 6) is -1.43. The lowest BCUT2D eigenvalue weighted by atomic mass is 10.1. The topological polar surface area (TPSA) is 58.6 Å². The maximum atomic E-state index is 13.7. The van der Waals surface area contributed by atoms with E-state index < -0.39 is 17.6 Å². The Labute approximate surface area is 132 Å². The molecule has 3 rings (SSSR count). The molecule has 6 heteroatoms. The number of carbonyl (C=O) groups excluding carboxylic acids is 2. The predicted octanol–water partition coefficient (Wildman–Crippen LogP) is 2.68. The van der Waals surface area contributed by atoms with Crippen molar-refractivity contribution in [1.82, 2.24) is 0 Å². The second-order valence-electron chi connectivity index (χ2n) is 5.07. The number of rotatable bonds is 5. The smallest absolute Gasteiger partial charge is 0.266 e. The number of nitrogens with one attached hydrogen (secondary N) is 1. The van der Waals surface area contributed by atoms with Crippen LogP contribution in [0.1, 0.15) is 20.7 Å². The third kappa shape index (κ3) is 2.68. The molecule has 0 aliphatic carbocycles. The van der Waals surface area contributed by atoms with Crippen LogP contribution < -0.4 is 10.2 Å². The van der Waals surface area contributed by atoms with Crippen molar-refractivity contribution in [2.45, 2.75) is 0 Å². The lowest BCUT2D eigenvalue weighted by molar-refractivity contribution is 0.0926. The van der Waals surface area contributed by atoms with E-state index in [1.807, 2.05) is 0 Å². The summed E-state index contributed by atoms with van der Waals surface area (Å²) in [4.78, 5) is 26.1. The van der Waals surface area contributed by atoms with Gasteiger partial charge < -0.3 is 10.1 Å². The van der Waals surface area contributed by atoms with Gasteiger partial charge in [0.25, 0.3) is 11.8 Å². The van der Waals surface area contributed by atoms with E-state index in [-0.39, 0.29) is 5.69 Å². The summed E-state index contributed by atoms with van der Waals surface area (Å²) >= 11 is 0. The van der Waals surface area contributed by atoms with E-state index in [9.17, 15) is 14.0 Å². The van der Waals surface area contributed by atoms with Crippen molar-refractivity contribution in [1.29, 1.82) is 0 Å². The van der Waals surface area contributed by atoms with E-state index in [0.29, 0.717) is 30.0 Å². The van der Waals surface area contributed by atoms with Crippen molar-refractivity contribution >= 4 is 23.2 Å². The van der Waals surface area contributed by atoms with Gasteiger partial charge in [0.15, 0.2) is 0 Å². The van der Waals surface area contributed by atoms with E-state index in [1.165, 1.54) is 18.2 Å². The quantitative estimate of drug-likeness (QED) is 0.681. The molecule has 0 bridgehead atoms. The highest BCUT2D eigenvalue weighted by Crippen LogP contribution is 2.33. The van der Waals surface area contributed by atoms with E-state index >= 15 is 0 Å². The van der Waals surface area contributed by atoms with Crippen molar-refractivity contribution in [3.05, 3.63) is 59.4 Å². The fraction of sp³-hybridized carbons (Fsp3) is 0.176. The van der Waals surface area contributed by atoms with Gasteiger partial charge >= 0.3 is 0 Å². The number of ether oxygens (including phenoxy) is 1. The molecule has 0 radical (unpaired) electrons. The van der Waals surface area contributed by atoms with E-state index in [4.69, 9.17) is 4.74 Å². The molecule has 0 fully saturated rings. The van der Waals surface area contributed by atoms with Gasteiger partial charge in [-0.2, -0.15) is 0 Å². The van der Waals surface area contributed by atoms with Crippen LogP contribution in [0.4, 0.5) is 15.8 Å². The van der Waals surface area contributed by atoms with Crippen molar-refractivity contribution < 1.29 is 18.7 Å². The van der Waals surface area contributed by atoms with Crippen molar-refractivity contribution in [2.24, 2.45) is 0 Å². The first kappa shape index (κ1) is 15.2. The first-order chi connectivity index (χ1) is 11.1. The van der Waals surface area contributed by atoms with E-state index in [2.05, 4.69) is 5.32 Å². The molecular weight excluding hydrogens is 299 g/mol. The molecule has 118 valence electrons. The molecule has 0 saturated heterocycles. The van der Waals surface area contributed by atoms with Gasteiger partial charge in [-0.3, -0.25) is 9.59 Å². The van der Waals surface area contributed by atoms with Crippen LogP contribution in [0.15, 0.2) is 42.5 Å². The number of hydrogen-bond acceptors (Lipinski definition) is 4. The van der Waals surface area contributed by atoms with Gasteiger partial charge in [0.05, 0.1) is 29.1 Å². The zero-order valence-electron chi connectivity index (χ0n) is 12.5. The molecular formula is C17H15FN2O3. The third-order valence-corrected chi connectivity index (χ3v) is 3.62. The number of benzene rings is 2. The number of hydrogen-bond donors (Lipinski definition) is 1. The van der Waals surface area contributed by atoms with Gasteiger partial charge in [-0.15, -0.1) is 0 Å². The van der Waals surface area contributed by atoms with Gasteiger partial charge in [-0.25, -0.2) is 9.29 Å². The number of halogens is 1. The van der Waals surface area contributed by atoms with E-state index in [1.54, 1.807) is 31.4 Å². The van der Waals surface area contributed by atoms with Crippen LogP contribution in [0.5, 0.6) is 0 Å². The Balaban J connectivity index is 2.00. The highest BCUT2D eigenvalue weighted by molar-refractivity contribution is 6.35. The Morgan fingerprint density at radius 3 is 2.35 bits per heavy atom. The van der Waals surface area contributed by atoms with Gasteiger partial charge in [-0.05, 0) is 24.3 Å². The minimum Gasteiger partial charge on any atom is -0.383 e. The Hall–Kier alpha value is -2.73. The average Bonchev–Trinajstić information content (AvgIpc) is 2.81. The van der Waals surface area contributed by atoms with Crippen LogP contribution in [0, 0.1) is 5.82 Å². The lowest BCUT2D eigenvalue weighted by Gasteiger charge is -2.19. The SMILES string of the molecule is COCCNc1ccc(F)cc1N1C(=O)c2ccccc2C1=O. The molecule has 0 atom stereocenters. The monoisotopic (exact) mass is 314 g/mol. The Kier molecular flexibility index (Phi) is 4.08. The highest BCUT2D eigenvalue weighted by atomic mass is 19.1. The molecule has 1 N–H and O–H groups in total. The third-order valence-electron chi connectivity index (χ3n) is 3.62. The number of amides is 2. The van der Waals surface area contributed by atoms with Crippen molar-refractivity contribution in [3.63, 3.8) is 0 Å². The summed E-state index contributed by atoms with van der Waals surface area (Å²) in [5, 5.41) is 3.05. The number of methoxy groups -OCH3 is 1. The van der Waals surface area contributed by atoms with Gasteiger partial charge in [0.2, 0.25) is 0 Å². The Morgan fingerprint density at radius 2 is 1.74 bits per heavy atom. The maximum Gasteiger partial charge on any atom is 0.266 e. The van der Waals surface area contributed by atoms with Crippen molar-refractivity contribution in [3.8, 4) is 0 Å². The largest absolute Gasteiger partial charge is 0.383 e. The second kappa shape index (κ2) is 6.18. The number of fused-ring (bicyclic) bond motifs is 1. The minimum absolute atomic E-state index is 0.201. The number of anilines is 2. The van der Waals surface area contributed by atoms with Crippen LogP contribution in [-0.2, 0) is 4.74 Å². The molecule has 0 unspecified atom stereocenters. The highest BCUT2D eigenvalue weighted by Gasteiger charge is 2.37. The van der Waals surface area contributed by atoms with Crippen LogP contribution in [-0.4, -0.2) is 32.1 Å². The number of nitrogens with zero attached hydrogens (tertiary/aromatic N) is 1. The summed E-state index contributed by atoms with van der Waals surface area (Å²) in [6.07, 6.45) is 0. The lowest BCUT2D eigenvalue weighted by Crippen LogP contribution is -2.30. The predicted molar refractivity (Wildman–Crippen MR) is 84.3 cm³/mol. The molecule has 0 spiro atoms. The van der Waals surface area contributed by atoms with Gasteiger partial charge in [0.1, 0.15) is 5.82 Å². The number of imide groups is 1. The molecule has 5 nitrogen and oxygen atoms in total. The molecule has 23 heavy (non-hydrogen) atoms. The fourth-order valence-corrected chi connectivity index (χ4v) is 2.54. The van der Waals surface area contributed by atoms with Crippen LogP contribution in [0.2, 0.25) is 0 Å². The molecule has 1 heterocycles. The summed E-state index contributed by atoms with van der Waals surface area (Å²) in [7, 11) is 1.57. The van der Waals surface area contributed by atoms with E-state index in [0.717, 1.165) is 4.90 Å². The number of carbonyl (C=O) groups is 2. The maximum absolute atomic E-state index is 13.7. The van der Waals surface area contributed by atoms with Gasteiger partial charge in [0, 0.05) is 19.7 Å². The van der Waals surface area contributed by atoms with Gasteiger partial charge in [-0.1, -0.05) is 12.1 Å². The fourth-order valence-electron chi connectivity index (χ4n) is 2.54. The summed E-state index contributed by atoms with van der Waals surface area (Å²) in [6.45, 7) is 0.914. The standard InChI is InChI=1S/C17H15FN2O3/c1-23-9-8-19-14-7-6-11(18)10-15(14)20-16(21)12-4-2-3-5-13(12)17(20)22/h2-7,10,19H,8-9H2,1H3. The normalized spacial score (nSPS) is 13.4. The zero-order valence-corrected chi connectivity index (χ0v) is 12.5.